The predicted molar refractivity (Wildman–Crippen MR) is 75.8 cm³/mol. The lowest BCUT2D eigenvalue weighted by Gasteiger charge is -2.06. The lowest BCUT2D eigenvalue weighted by atomic mass is 10.1. The topological polar surface area (TPSA) is 71.4 Å². The van der Waals surface area contributed by atoms with Gasteiger partial charge >= 0.3 is 0 Å². The van der Waals surface area contributed by atoms with Crippen molar-refractivity contribution in [3.63, 3.8) is 0 Å². The van der Waals surface area contributed by atoms with Gasteiger partial charge in [-0.1, -0.05) is 0 Å². The monoisotopic (exact) mass is 268 g/mol. The molecule has 0 aliphatic carbocycles. The molecule has 0 aliphatic rings. The van der Waals surface area contributed by atoms with Crippen LogP contribution < -0.4 is 5.32 Å². The van der Waals surface area contributed by atoms with Crippen molar-refractivity contribution in [2.24, 2.45) is 0 Å². The number of pyridine rings is 1. The molecule has 3 aromatic heterocycles. The Morgan fingerprint density at radius 3 is 3.00 bits per heavy atom. The van der Waals surface area contributed by atoms with E-state index in [9.17, 15) is 0 Å². The van der Waals surface area contributed by atoms with E-state index in [4.69, 9.17) is 0 Å². The van der Waals surface area contributed by atoms with Gasteiger partial charge in [0, 0.05) is 55.5 Å². The molecule has 6 heteroatoms. The number of hydrogen-bond donors (Lipinski definition) is 2. The number of nitrogens with one attached hydrogen (secondary N) is 2. The smallest absolute Gasteiger partial charge is 0.0946 e. The molecule has 0 unspecified atom stereocenters. The second-order valence-corrected chi connectivity index (χ2v) is 4.49. The summed E-state index contributed by atoms with van der Waals surface area (Å²) in [5.41, 5.74) is 3.22. The zero-order chi connectivity index (χ0) is 13.6. The van der Waals surface area contributed by atoms with Crippen LogP contribution in [0.1, 0.15) is 5.56 Å². The third-order valence-corrected chi connectivity index (χ3v) is 3.09. The van der Waals surface area contributed by atoms with Crippen LogP contribution in [0.4, 0.5) is 0 Å². The summed E-state index contributed by atoms with van der Waals surface area (Å²) in [5, 5.41) is 10.6. The van der Waals surface area contributed by atoms with Gasteiger partial charge in [0.2, 0.25) is 0 Å². The van der Waals surface area contributed by atoms with Gasteiger partial charge in [0.05, 0.1) is 18.2 Å². The zero-order valence-corrected chi connectivity index (χ0v) is 11.0. The number of hydrogen-bond acceptors (Lipinski definition) is 4. The Hall–Kier alpha value is -2.47. The van der Waals surface area contributed by atoms with Crippen LogP contribution in [0, 0.1) is 0 Å². The normalized spacial score (nSPS) is 10.8. The minimum atomic E-state index is 0.773. The summed E-state index contributed by atoms with van der Waals surface area (Å²) in [6.07, 6.45) is 11.0. The van der Waals surface area contributed by atoms with Crippen molar-refractivity contribution in [3.8, 4) is 11.3 Å². The standard InChI is InChI=1S/C14H16N6/c1-2-12(8-15-3-1)14-13(10-18-19-14)9-16-4-6-20-7-5-17-11-20/h1-3,5,7-8,10-11,16H,4,6,9H2,(H,18,19). The maximum absolute atomic E-state index is 4.13. The summed E-state index contributed by atoms with van der Waals surface area (Å²) in [4.78, 5) is 8.15. The maximum Gasteiger partial charge on any atom is 0.0946 e. The quantitative estimate of drug-likeness (QED) is 0.664. The van der Waals surface area contributed by atoms with E-state index in [-0.39, 0.29) is 0 Å². The number of rotatable bonds is 6. The number of nitrogens with zero attached hydrogens (tertiary/aromatic N) is 4. The lowest BCUT2D eigenvalue weighted by molar-refractivity contribution is 0.598. The first-order chi connectivity index (χ1) is 9.93. The van der Waals surface area contributed by atoms with Crippen molar-refractivity contribution in [2.75, 3.05) is 6.54 Å². The number of imidazole rings is 1. The molecule has 102 valence electrons. The Bertz CT molecular complexity index is 629. The summed E-state index contributed by atoms with van der Waals surface area (Å²) in [5.74, 6) is 0. The number of aromatic nitrogens is 5. The van der Waals surface area contributed by atoms with Gasteiger partial charge in [-0.2, -0.15) is 5.10 Å². The summed E-state index contributed by atoms with van der Waals surface area (Å²) < 4.78 is 2.05. The molecule has 0 spiro atoms. The molecule has 0 saturated carbocycles. The molecule has 3 aromatic rings. The second kappa shape index (κ2) is 6.12. The van der Waals surface area contributed by atoms with Crippen LogP contribution in [0.5, 0.6) is 0 Å². The minimum Gasteiger partial charge on any atom is -0.336 e. The molecule has 0 radical (unpaired) electrons. The molecule has 0 amide bonds. The molecule has 0 bridgehead atoms. The summed E-state index contributed by atoms with van der Waals surface area (Å²) in [6, 6.07) is 3.95. The van der Waals surface area contributed by atoms with Crippen molar-refractivity contribution in [2.45, 2.75) is 13.1 Å². The molecule has 0 saturated heterocycles. The largest absolute Gasteiger partial charge is 0.336 e. The minimum absolute atomic E-state index is 0.773. The van der Waals surface area contributed by atoms with Gasteiger partial charge in [-0.25, -0.2) is 4.98 Å². The Morgan fingerprint density at radius 2 is 2.20 bits per heavy atom. The third-order valence-electron chi connectivity index (χ3n) is 3.09. The van der Waals surface area contributed by atoms with Gasteiger partial charge in [0.25, 0.3) is 0 Å². The molecule has 3 heterocycles. The molecular weight excluding hydrogens is 252 g/mol. The summed E-state index contributed by atoms with van der Waals surface area (Å²) >= 11 is 0. The van der Waals surface area contributed by atoms with E-state index >= 15 is 0 Å². The van der Waals surface area contributed by atoms with Gasteiger partial charge in [-0.3, -0.25) is 10.1 Å². The Labute approximate surface area is 116 Å². The molecule has 3 rings (SSSR count). The maximum atomic E-state index is 4.13. The van der Waals surface area contributed by atoms with E-state index in [1.54, 1.807) is 12.4 Å². The van der Waals surface area contributed by atoms with Gasteiger partial charge in [0.15, 0.2) is 0 Å². The van der Waals surface area contributed by atoms with E-state index in [1.165, 1.54) is 0 Å². The van der Waals surface area contributed by atoms with E-state index in [0.29, 0.717) is 0 Å². The first kappa shape index (κ1) is 12.6. The van der Waals surface area contributed by atoms with Crippen LogP contribution in [0.2, 0.25) is 0 Å². The molecule has 2 N–H and O–H groups in total. The SMILES string of the molecule is c1cncc(-c2[nH]ncc2CNCCn2ccnc2)c1. The van der Waals surface area contributed by atoms with Gasteiger partial charge in [-0.15, -0.1) is 0 Å². The molecule has 0 fully saturated rings. The van der Waals surface area contributed by atoms with Crippen molar-refractivity contribution in [1.82, 2.24) is 30.0 Å². The van der Waals surface area contributed by atoms with Gasteiger partial charge in [-0.05, 0) is 12.1 Å². The van der Waals surface area contributed by atoms with Crippen LogP contribution >= 0.6 is 0 Å². The van der Waals surface area contributed by atoms with Gasteiger partial charge < -0.3 is 9.88 Å². The van der Waals surface area contributed by atoms with Crippen LogP contribution in [-0.2, 0) is 13.1 Å². The highest BCUT2D eigenvalue weighted by Crippen LogP contribution is 2.19. The summed E-state index contributed by atoms with van der Waals surface area (Å²) in [7, 11) is 0. The fourth-order valence-corrected chi connectivity index (χ4v) is 2.06. The first-order valence-electron chi connectivity index (χ1n) is 6.52. The van der Waals surface area contributed by atoms with Crippen LogP contribution in [-0.4, -0.2) is 31.3 Å². The van der Waals surface area contributed by atoms with E-state index in [2.05, 4.69) is 25.5 Å². The van der Waals surface area contributed by atoms with Crippen molar-refractivity contribution in [1.29, 1.82) is 0 Å². The Morgan fingerprint density at radius 1 is 1.20 bits per heavy atom. The number of H-pyrrole nitrogens is 1. The Kier molecular flexibility index (Phi) is 3.84. The molecule has 0 aliphatic heterocycles. The second-order valence-electron chi connectivity index (χ2n) is 4.49. The predicted octanol–water partition coefficient (Wildman–Crippen LogP) is 1.46. The van der Waals surface area contributed by atoms with Crippen LogP contribution in [0.15, 0.2) is 49.4 Å². The Balaban J connectivity index is 1.57. The van der Waals surface area contributed by atoms with E-state index in [0.717, 1.165) is 36.5 Å². The average molecular weight is 268 g/mol. The highest BCUT2D eigenvalue weighted by atomic mass is 15.1. The fourth-order valence-electron chi connectivity index (χ4n) is 2.06. The highest BCUT2D eigenvalue weighted by Gasteiger charge is 2.06. The third kappa shape index (κ3) is 2.92. The molecular formula is C14H16N6. The number of aromatic amines is 1. The lowest BCUT2D eigenvalue weighted by Crippen LogP contribution is -2.19. The van der Waals surface area contributed by atoms with Crippen molar-refractivity contribution < 1.29 is 0 Å². The van der Waals surface area contributed by atoms with Crippen molar-refractivity contribution in [3.05, 3.63) is 55.0 Å². The van der Waals surface area contributed by atoms with Crippen molar-refractivity contribution >= 4 is 0 Å². The zero-order valence-electron chi connectivity index (χ0n) is 11.0. The molecule has 20 heavy (non-hydrogen) atoms. The molecule has 0 aromatic carbocycles. The fraction of sp³-hybridized carbons (Fsp3) is 0.214. The first-order valence-corrected chi connectivity index (χ1v) is 6.52. The van der Waals surface area contributed by atoms with E-state index in [1.807, 2.05) is 41.6 Å². The average Bonchev–Trinajstić information content (AvgIpc) is 3.16. The molecule has 6 nitrogen and oxygen atoms in total. The highest BCUT2D eigenvalue weighted by molar-refractivity contribution is 5.61. The summed E-state index contributed by atoms with van der Waals surface area (Å²) in [6.45, 7) is 2.56. The molecule has 0 atom stereocenters. The van der Waals surface area contributed by atoms with E-state index < -0.39 is 0 Å². The van der Waals surface area contributed by atoms with Crippen LogP contribution in [0.25, 0.3) is 11.3 Å². The van der Waals surface area contributed by atoms with Gasteiger partial charge in [0.1, 0.15) is 0 Å². The van der Waals surface area contributed by atoms with Crippen LogP contribution in [0.3, 0.4) is 0 Å².